The minimum Gasteiger partial charge on any atom is -0.322 e. The van der Waals surface area contributed by atoms with Gasteiger partial charge in [-0.25, -0.2) is 15.0 Å². The normalized spacial score (nSPS) is 15.8. The van der Waals surface area contributed by atoms with Crippen molar-refractivity contribution in [2.24, 2.45) is 0 Å². The van der Waals surface area contributed by atoms with E-state index in [-0.39, 0.29) is 16.8 Å². The van der Waals surface area contributed by atoms with Gasteiger partial charge in [0.2, 0.25) is 5.88 Å². The van der Waals surface area contributed by atoms with Gasteiger partial charge in [0.15, 0.2) is 0 Å². The molecule has 0 aliphatic carbocycles. The molecule has 0 radical (unpaired) electrons. The van der Waals surface area contributed by atoms with E-state index in [2.05, 4.69) is 22.4 Å². The number of fused-ring (bicyclic) bond motifs is 2. The fraction of sp³-hybridized carbons (Fsp3) is 0.0417. The summed E-state index contributed by atoms with van der Waals surface area (Å²) in [5, 5.41) is 12.8. The monoisotopic (exact) mass is 396 g/mol. The van der Waals surface area contributed by atoms with E-state index in [1.165, 1.54) is 0 Å². The van der Waals surface area contributed by atoms with Gasteiger partial charge >= 0.3 is 0 Å². The Morgan fingerprint density at radius 2 is 1.63 bits per heavy atom. The molecule has 146 valence electrons. The first-order chi connectivity index (χ1) is 14.5. The molecule has 6 heteroatoms. The van der Waals surface area contributed by atoms with Gasteiger partial charge < -0.3 is 4.89 Å². The smallest absolute Gasteiger partial charge is 0.267 e. The number of carbonyl (C=O) groups is 2. The molecule has 30 heavy (non-hydrogen) atoms. The highest BCUT2D eigenvalue weighted by atomic mass is 17.1. The number of rotatable bonds is 3. The van der Waals surface area contributed by atoms with Crippen LogP contribution in [0.1, 0.15) is 12.5 Å². The van der Waals surface area contributed by atoms with E-state index in [4.69, 9.17) is 11.8 Å². The minimum atomic E-state index is -0.883. The predicted octanol–water partition coefficient (Wildman–Crippen LogP) is 4.90. The van der Waals surface area contributed by atoms with Crippen molar-refractivity contribution in [3.05, 3.63) is 101 Å². The lowest BCUT2D eigenvalue weighted by atomic mass is 9.92. The molecule has 0 saturated heterocycles. The van der Waals surface area contributed by atoms with Crippen molar-refractivity contribution in [3.63, 3.8) is 0 Å². The maximum atomic E-state index is 13.1. The second-order valence-electron chi connectivity index (χ2n) is 6.81. The Morgan fingerprint density at radius 3 is 2.17 bits per heavy atom. The Hall–Kier alpha value is -4.21. The van der Waals surface area contributed by atoms with Crippen LogP contribution in [0, 0.1) is 6.57 Å². The van der Waals surface area contributed by atoms with Crippen molar-refractivity contribution in [2.75, 3.05) is 0 Å². The lowest BCUT2D eigenvalue weighted by Gasteiger charge is -2.27. The molecule has 2 amide bonds. The second-order valence-corrected chi connectivity index (χ2v) is 6.81. The highest BCUT2D eigenvalue weighted by molar-refractivity contribution is 6.21. The zero-order chi connectivity index (χ0) is 21.4. The zero-order valence-corrected chi connectivity index (χ0v) is 16.0. The van der Waals surface area contributed by atoms with Gasteiger partial charge in [-0.2, -0.15) is 0 Å². The van der Waals surface area contributed by atoms with Crippen LogP contribution in [0.15, 0.2) is 83.9 Å². The molecule has 0 spiro atoms. The van der Waals surface area contributed by atoms with E-state index in [9.17, 15) is 9.59 Å². The first kappa shape index (κ1) is 19.1. The summed E-state index contributed by atoms with van der Waals surface area (Å²) in [7, 11) is 0. The third-order valence-electron chi connectivity index (χ3n) is 5.17. The van der Waals surface area contributed by atoms with Crippen LogP contribution in [0.25, 0.3) is 32.5 Å². The summed E-state index contributed by atoms with van der Waals surface area (Å²) in [5.74, 6) is -2.17. The van der Waals surface area contributed by atoms with E-state index < -0.39 is 17.7 Å². The fourth-order valence-corrected chi connectivity index (χ4v) is 3.68. The van der Waals surface area contributed by atoms with Crippen molar-refractivity contribution in [3.8, 4) is 0 Å². The predicted molar refractivity (Wildman–Crippen MR) is 113 cm³/mol. The second kappa shape index (κ2) is 7.32. The molecule has 0 fully saturated rings. The molecule has 4 rings (SSSR count). The molecule has 6 nitrogen and oxygen atoms in total. The van der Waals surface area contributed by atoms with Gasteiger partial charge in [0.05, 0.1) is 6.57 Å². The van der Waals surface area contributed by atoms with E-state index in [0.717, 1.165) is 27.1 Å². The molecule has 0 aromatic heterocycles. The molecule has 0 saturated carbocycles. The van der Waals surface area contributed by atoms with Crippen LogP contribution in [0.5, 0.6) is 0 Å². The summed E-state index contributed by atoms with van der Waals surface area (Å²) in [5.41, 5.74) is 0.975. The van der Waals surface area contributed by atoms with Gasteiger partial charge in [-0.1, -0.05) is 48.5 Å². The summed E-state index contributed by atoms with van der Waals surface area (Å²) in [6.45, 7) is 12.3. The summed E-state index contributed by atoms with van der Waals surface area (Å²) in [6.07, 6.45) is 1.68. The highest BCUT2D eigenvalue weighted by Crippen LogP contribution is 2.34. The minimum absolute atomic E-state index is 0.153. The van der Waals surface area contributed by atoms with Gasteiger partial charge in [0.1, 0.15) is 0 Å². The molecule has 0 bridgehead atoms. The third-order valence-corrected chi connectivity index (χ3v) is 5.17. The van der Waals surface area contributed by atoms with E-state index in [1.807, 2.05) is 48.5 Å². The molecular weight excluding hydrogens is 380 g/mol. The van der Waals surface area contributed by atoms with Gasteiger partial charge in [0.25, 0.3) is 17.5 Å². The largest absolute Gasteiger partial charge is 0.322 e. The number of hydrogen-bond donors (Lipinski definition) is 1. The van der Waals surface area contributed by atoms with Gasteiger partial charge in [-0.3, -0.25) is 9.59 Å². The van der Waals surface area contributed by atoms with Crippen LogP contribution in [-0.4, -0.2) is 22.0 Å². The van der Waals surface area contributed by atoms with Crippen LogP contribution in [-0.2, 0) is 14.5 Å². The topological polar surface area (TPSA) is 71.2 Å². The standard InChI is InChI=1S/C24H16N2O4/c1-14-20(23(27)26(15(2)30-29)24(28)22(14)25-3)13-21-18-10-6-4-8-16(18)12-17-9-5-7-11-19(17)21/h4-13,29H,2H2,1H3/b20-13-. The molecule has 3 aromatic rings. The van der Waals surface area contributed by atoms with Gasteiger partial charge in [-0.05, 0) is 58.3 Å². The average Bonchev–Trinajstić information content (AvgIpc) is 2.76. The quantitative estimate of drug-likeness (QED) is 0.130. The fourth-order valence-electron chi connectivity index (χ4n) is 3.68. The van der Waals surface area contributed by atoms with Crippen molar-refractivity contribution in [2.45, 2.75) is 6.92 Å². The molecule has 3 aromatic carbocycles. The summed E-state index contributed by atoms with van der Waals surface area (Å²) < 4.78 is 0. The maximum Gasteiger partial charge on any atom is 0.267 e. The first-order valence-corrected chi connectivity index (χ1v) is 9.08. The first-order valence-electron chi connectivity index (χ1n) is 9.08. The maximum absolute atomic E-state index is 13.1. The van der Waals surface area contributed by atoms with Crippen LogP contribution in [0.3, 0.4) is 0 Å². The summed E-state index contributed by atoms with van der Waals surface area (Å²) in [6, 6.07) is 17.6. The molecular formula is C24H16N2O4. The SMILES string of the molecule is [C-]#[N+]C1=C(C)/C(=C/c2c3ccccc3cc3ccccc23)C(=O)N(C(=C)OO)C1=O. The summed E-state index contributed by atoms with van der Waals surface area (Å²) >= 11 is 0. The highest BCUT2D eigenvalue weighted by Gasteiger charge is 2.38. The van der Waals surface area contributed by atoms with Crippen molar-refractivity contribution in [1.29, 1.82) is 0 Å². The Labute approximate surface area is 172 Å². The van der Waals surface area contributed by atoms with E-state index in [1.54, 1.807) is 13.0 Å². The number of imide groups is 1. The lowest BCUT2D eigenvalue weighted by Crippen LogP contribution is -2.41. The Balaban J connectivity index is 2.07. The van der Waals surface area contributed by atoms with Crippen LogP contribution < -0.4 is 0 Å². The Morgan fingerprint density at radius 1 is 1.07 bits per heavy atom. The van der Waals surface area contributed by atoms with Crippen molar-refractivity contribution >= 4 is 39.4 Å². The number of benzene rings is 3. The van der Waals surface area contributed by atoms with Gasteiger partial charge in [0, 0.05) is 5.57 Å². The molecule has 1 heterocycles. The van der Waals surface area contributed by atoms with Crippen molar-refractivity contribution in [1.82, 2.24) is 4.90 Å². The van der Waals surface area contributed by atoms with E-state index >= 15 is 0 Å². The van der Waals surface area contributed by atoms with E-state index in [0.29, 0.717) is 4.90 Å². The molecule has 1 aliphatic heterocycles. The average molecular weight is 396 g/mol. The van der Waals surface area contributed by atoms with Crippen LogP contribution >= 0.6 is 0 Å². The zero-order valence-electron chi connectivity index (χ0n) is 16.0. The molecule has 1 N–H and O–H groups in total. The Bertz CT molecular complexity index is 1300. The molecule has 0 atom stereocenters. The van der Waals surface area contributed by atoms with Crippen LogP contribution in [0.4, 0.5) is 0 Å². The molecule has 0 unspecified atom stereocenters. The number of nitrogens with zero attached hydrogens (tertiary/aromatic N) is 2. The third kappa shape index (κ3) is 2.85. The lowest BCUT2D eigenvalue weighted by molar-refractivity contribution is -0.222. The summed E-state index contributed by atoms with van der Waals surface area (Å²) in [4.78, 5) is 33.6. The number of amides is 2. The van der Waals surface area contributed by atoms with Crippen molar-refractivity contribution < 1.29 is 19.7 Å². The van der Waals surface area contributed by atoms with Crippen LogP contribution in [0.2, 0.25) is 0 Å². The number of carbonyl (C=O) groups excluding carboxylic acids is 2. The molecule has 1 aliphatic rings. The van der Waals surface area contributed by atoms with Gasteiger partial charge in [-0.15, -0.1) is 0 Å². The number of hydrogen-bond acceptors (Lipinski definition) is 4. The Kier molecular flexibility index (Phi) is 4.66.